The molecule has 3 aromatic carbocycles. The van der Waals surface area contributed by atoms with Crippen LogP contribution in [0.25, 0.3) is 11.1 Å². The molecule has 0 amide bonds. The third-order valence-corrected chi connectivity index (χ3v) is 4.92. The summed E-state index contributed by atoms with van der Waals surface area (Å²) in [6.07, 6.45) is -5.20. The number of hydrogen-bond donors (Lipinski definition) is 0. The fraction of sp³-hybridized carbons (Fsp3) is 0.208. The van der Waals surface area contributed by atoms with Gasteiger partial charge in [-0.25, -0.2) is 13.6 Å². The van der Waals surface area contributed by atoms with Crippen LogP contribution in [0.5, 0.6) is 5.75 Å². The van der Waals surface area contributed by atoms with E-state index in [0.717, 1.165) is 27.8 Å². The normalized spacial score (nSPS) is 11.5. The van der Waals surface area contributed by atoms with Gasteiger partial charge in [0.25, 0.3) is 0 Å². The average molecular weight is 434 g/mol. The van der Waals surface area contributed by atoms with Gasteiger partial charge in [-0.15, -0.1) is 0 Å². The smallest absolute Gasteiger partial charge is 0.422 e. The van der Waals surface area contributed by atoms with Gasteiger partial charge in [-0.1, -0.05) is 29.8 Å². The molecule has 0 saturated heterocycles. The Kier molecular flexibility index (Phi) is 5.89. The van der Waals surface area contributed by atoms with E-state index in [1.165, 1.54) is 6.07 Å². The van der Waals surface area contributed by atoms with E-state index in [9.17, 15) is 26.7 Å². The fourth-order valence-corrected chi connectivity index (χ4v) is 3.73. The summed E-state index contributed by atoms with van der Waals surface area (Å²) in [5.74, 6) is -5.29. The Bertz CT molecular complexity index is 1130. The molecule has 0 heterocycles. The maximum Gasteiger partial charge on any atom is 0.422 e. The van der Waals surface area contributed by atoms with Crippen LogP contribution in [0.4, 0.5) is 22.0 Å². The Morgan fingerprint density at radius 1 is 0.806 bits per heavy atom. The van der Waals surface area contributed by atoms with Crippen molar-refractivity contribution >= 4 is 5.97 Å². The molecule has 0 unspecified atom stereocenters. The molecule has 0 aromatic heterocycles. The average Bonchev–Trinajstić information content (AvgIpc) is 2.58. The van der Waals surface area contributed by atoms with E-state index in [4.69, 9.17) is 4.74 Å². The molecule has 31 heavy (non-hydrogen) atoms. The predicted octanol–water partition coefficient (Wildman–Crippen LogP) is 7.10. The zero-order valence-electron chi connectivity index (χ0n) is 17.2. The lowest BCUT2D eigenvalue weighted by atomic mass is 9.92. The van der Waals surface area contributed by atoms with Crippen molar-refractivity contribution in [2.45, 2.75) is 33.9 Å². The molecule has 0 atom stereocenters. The zero-order valence-corrected chi connectivity index (χ0v) is 17.2. The van der Waals surface area contributed by atoms with Gasteiger partial charge in [-0.05, 0) is 61.6 Å². The highest BCUT2D eigenvalue weighted by molar-refractivity contribution is 5.93. The summed E-state index contributed by atoms with van der Waals surface area (Å²) in [6.45, 7) is 7.65. The summed E-state index contributed by atoms with van der Waals surface area (Å²) < 4.78 is 70.5. The quantitative estimate of drug-likeness (QED) is 0.250. The number of aryl methyl sites for hydroxylation is 4. The molecule has 0 radical (unpaired) electrons. The zero-order chi connectivity index (χ0) is 23.1. The second-order valence-corrected chi connectivity index (χ2v) is 7.45. The Balaban J connectivity index is 1.91. The van der Waals surface area contributed by atoms with E-state index >= 15 is 0 Å². The number of rotatable bonds is 3. The lowest BCUT2D eigenvalue weighted by Gasteiger charge is -2.14. The molecule has 3 aromatic rings. The summed E-state index contributed by atoms with van der Waals surface area (Å²) in [4.78, 5) is 12.5. The minimum Gasteiger partial charge on any atom is -0.423 e. The van der Waals surface area contributed by atoms with Crippen molar-refractivity contribution in [1.82, 2.24) is 0 Å². The highest BCUT2D eigenvalue weighted by atomic mass is 19.4. The van der Waals surface area contributed by atoms with Gasteiger partial charge in [-0.3, -0.25) is 0 Å². The summed E-state index contributed by atoms with van der Waals surface area (Å²) in [7, 11) is 0. The molecule has 3 rings (SSSR count). The highest BCUT2D eigenvalue weighted by Crippen LogP contribution is 2.36. The topological polar surface area (TPSA) is 26.3 Å². The third kappa shape index (κ3) is 4.60. The number of esters is 1. The summed E-state index contributed by atoms with van der Waals surface area (Å²) in [6, 6.07) is 9.81. The van der Waals surface area contributed by atoms with Gasteiger partial charge < -0.3 is 4.74 Å². The molecule has 0 bridgehead atoms. The molecule has 0 aliphatic rings. The van der Waals surface area contributed by atoms with Gasteiger partial charge in [0.15, 0.2) is 0 Å². The standard InChI is InChI=1S/C24H19F5O2/c1-12-7-14(3)21(15(4)8-12)16-5-6-18(13(2)9-16)23(30)31-17-10-19(25)22(20(26)11-17)24(27,28)29/h5-11H,1-4H3. The molecule has 0 N–H and O–H groups in total. The van der Waals surface area contributed by atoms with Crippen LogP contribution in [0, 0.1) is 39.3 Å². The van der Waals surface area contributed by atoms with E-state index in [2.05, 4.69) is 0 Å². The van der Waals surface area contributed by atoms with Gasteiger partial charge in [0, 0.05) is 12.1 Å². The number of alkyl halides is 3. The van der Waals surface area contributed by atoms with Crippen LogP contribution < -0.4 is 4.74 Å². The second-order valence-electron chi connectivity index (χ2n) is 7.45. The first-order chi connectivity index (χ1) is 14.4. The van der Waals surface area contributed by atoms with Crippen molar-refractivity contribution in [2.75, 3.05) is 0 Å². The van der Waals surface area contributed by atoms with Crippen molar-refractivity contribution in [2.24, 2.45) is 0 Å². The van der Waals surface area contributed by atoms with Crippen molar-refractivity contribution < 1.29 is 31.5 Å². The van der Waals surface area contributed by atoms with Crippen LogP contribution in [-0.4, -0.2) is 5.97 Å². The Morgan fingerprint density at radius 3 is 1.84 bits per heavy atom. The molecule has 0 aliphatic carbocycles. The second kappa shape index (κ2) is 8.13. The largest absolute Gasteiger partial charge is 0.423 e. The van der Waals surface area contributed by atoms with E-state index < -0.39 is 35.1 Å². The SMILES string of the molecule is Cc1cc(C)c(-c2ccc(C(=O)Oc3cc(F)c(C(F)(F)F)c(F)c3)c(C)c2)c(C)c1. The Labute approximate surface area is 176 Å². The van der Waals surface area contributed by atoms with Gasteiger partial charge in [0.1, 0.15) is 22.9 Å². The lowest BCUT2D eigenvalue weighted by Crippen LogP contribution is -2.14. The molecular weight excluding hydrogens is 415 g/mol. The van der Waals surface area contributed by atoms with Crippen LogP contribution in [-0.2, 0) is 6.18 Å². The number of benzene rings is 3. The third-order valence-electron chi connectivity index (χ3n) is 4.92. The molecule has 0 spiro atoms. The van der Waals surface area contributed by atoms with Crippen LogP contribution in [0.3, 0.4) is 0 Å². The Hall–Kier alpha value is -3.22. The fourth-order valence-electron chi connectivity index (χ4n) is 3.73. The first-order valence-corrected chi connectivity index (χ1v) is 9.35. The summed E-state index contributed by atoms with van der Waals surface area (Å²) in [5, 5.41) is 0. The Morgan fingerprint density at radius 2 is 1.35 bits per heavy atom. The number of halogens is 5. The molecule has 0 aliphatic heterocycles. The van der Waals surface area contributed by atoms with Gasteiger partial charge in [0.05, 0.1) is 5.56 Å². The summed E-state index contributed by atoms with van der Waals surface area (Å²) in [5.41, 5.74) is 3.84. The molecule has 0 fully saturated rings. The molecule has 0 saturated carbocycles. The van der Waals surface area contributed by atoms with E-state index in [1.807, 2.05) is 32.9 Å². The molecule has 162 valence electrons. The van der Waals surface area contributed by atoms with Gasteiger partial charge in [0.2, 0.25) is 0 Å². The van der Waals surface area contributed by atoms with Crippen LogP contribution in [0.2, 0.25) is 0 Å². The summed E-state index contributed by atoms with van der Waals surface area (Å²) >= 11 is 0. The maximum atomic E-state index is 13.7. The number of ether oxygens (including phenoxy) is 1. The highest BCUT2D eigenvalue weighted by Gasteiger charge is 2.38. The molecule has 2 nitrogen and oxygen atoms in total. The molecule has 7 heteroatoms. The van der Waals surface area contributed by atoms with Crippen molar-refractivity contribution in [3.63, 3.8) is 0 Å². The number of carbonyl (C=O) groups is 1. The lowest BCUT2D eigenvalue weighted by molar-refractivity contribution is -0.142. The first kappa shape index (κ1) is 22.5. The van der Waals surface area contributed by atoms with E-state index in [1.54, 1.807) is 19.1 Å². The van der Waals surface area contributed by atoms with Crippen LogP contribution in [0.15, 0.2) is 42.5 Å². The number of hydrogen-bond acceptors (Lipinski definition) is 2. The van der Waals surface area contributed by atoms with Crippen molar-refractivity contribution in [3.05, 3.63) is 87.5 Å². The van der Waals surface area contributed by atoms with Crippen molar-refractivity contribution in [3.8, 4) is 16.9 Å². The number of carbonyl (C=O) groups excluding carboxylic acids is 1. The van der Waals surface area contributed by atoms with E-state index in [-0.39, 0.29) is 5.56 Å². The van der Waals surface area contributed by atoms with Crippen LogP contribution >= 0.6 is 0 Å². The monoisotopic (exact) mass is 434 g/mol. The maximum absolute atomic E-state index is 13.7. The predicted molar refractivity (Wildman–Crippen MR) is 107 cm³/mol. The molecular formula is C24H19F5O2. The minimum atomic E-state index is -5.20. The van der Waals surface area contributed by atoms with Crippen molar-refractivity contribution in [1.29, 1.82) is 0 Å². The van der Waals surface area contributed by atoms with Crippen LogP contribution in [0.1, 0.15) is 38.2 Å². The first-order valence-electron chi connectivity index (χ1n) is 9.35. The minimum absolute atomic E-state index is 0.131. The van der Waals surface area contributed by atoms with Gasteiger partial charge in [-0.2, -0.15) is 13.2 Å². The van der Waals surface area contributed by atoms with E-state index in [0.29, 0.717) is 17.7 Å². The van der Waals surface area contributed by atoms with Gasteiger partial charge >= 0.3 is 12.1 Å².